The highest BCUT2D eigenvalue weighted by Crippen LogP contribution is 2.40. The molecule has 0 spiro atoms. The molecule has 0 saturated carbocycles. The van der Waals surface area contributed by atoms with Crippen LogP contribution in [0.1, 0.15) is 23.6 Å². The van der Waals surface area contributed by atoms with Gasteiger partial charge >= 0.3 is 17.8 Å². The molecule has 0 saturated heterocycles. The van der Waals surface area contributed by atoms with E-state index in [-0.39, 0.29) is 34.7 Å². The summed E-state index contributed by atoms with van der Waals surface area (Å²) in [6, 6.07) is 10.9. The number of benzene rings is 3. The first kappa shape index (κ1) is 27.0. The van der Waals surface area contributed by atoms with Crippen LogP contribution in [-0.4, -0.2) is 23.4 Å². The van der Waals surface area contributed by atoms with Gasteiger partial charge in [-0.2, -0.15) is 13.2 Å². The third-order valence-electron chi connectivity index (χ3n) is 5.06. The third kappa shape index (κ3) is 5.90. The van der Waals surface area contributed by atoms with Crippen LogP contribution in [0, 0.1) is 10.1 Å². The fourth-order valence-corrected chi connectivity index (χ4v) is 3.63. The van der Waals surface area contributed by atoms with E-state index in [1.54, 1.807) is 13.0 Å². The average Bonchev–Trinajstić information content (AvgIpc) is 3.22. The maximum atomic E-state index is 13.0. The van der Waals surface area contributed by atoms with E-state index in [0.29, 0.717) is 28.3 Å². The molecule has 0 amide bonds. The topological polar surface area (TPSA) is 100 Å². The van der Waals surface area contributed by atoms with Crippen molar-refractivity contribution in [2.75, 3.05) is 6.61 Å². The Morgan fingerprint density at radius 2 is 1.76 bits per heavy atom. The predicted octanol–water partition coefficient (Wildman–Crippen LogP) is 7.46. The van der Waals surface area contributed by atoms with Gasteiger partial charge in [-0.05, 0) is 61.0 Å². The van der Waals surface area contributed by atoms with Crippen LogP contribution in [0.15, 0.2) is 65.3 Å². The van der Waals surface area contributed by atoms with Crippen LogP contribution in [0.3, 0.4) is 0 Å². The second-order valence-corrected chi connectivity index (χ2v) is 8.46. The zero-order chi connectivity index (χ0) is 27.6. The van der Waals surface area contributed by atoms with Crippen molar-refractivity contribution in [2.24, 2.45) is 4.99 Å². The quantitative estimate of drug-likeness (QED) is 0.127. The molecule has 1 aliphatic heterocycles. The molecule has 0 aromatic heterocycles. The number of alkyl halides is 3. The summed E-state index contributed by atoms with van der Waals surface area (Å²) >= 11 is 11.9. The van der Waals surface area contributed by atoms with Gasteiger partial charge < -0.3 is 14.2 Å². The second kappa shape index (κ2) is 10.7. The Morgan fingerprint density at radius 1 is 1.03 bits per heavy atom. The zero-order valence-electron chi connectivity index (χ0n) is 19.2. The van der Waals surface area contributed by atoms with E-state index >= 15 is 0 Å². The average molecular weight is 567 g/mol. The molecule has 8 nitrogen and oxygen atoms in total. The first-order valence-electron chi connectivity index (χ1n) is 10.7. The first-order chi connectivity index (χ1) is 18.0. The minimum Gasteiger partial charge on any atom is -0.490 e. The van der Waals surface area contributed by atoms with Gasteiger partial charge in [-0.1, -0.05) is 29.3 Å². The largest absolute Gasteiger partial charge is 0.490 e. The molecule has 0 radical (unpaired) electrons. The summed E-state index contributed by atoms with van der Waals surface area (Å²) in [6.07, 6.45) is -3.35. The Balaban J connectivity index is 1.65. The lowest BCUT2D eigenvalue weighted by Gasteiger charge is -2.13. The molecule has 196 valence electrons. The van der Waals surface area contributed by atoms with Crippen LogP contribution >= 0.6 is 23.2 Å². The number of aliphatic imine (C=N–C) groups is 1. The number of nitrogens with zero attached hydrogens (tertiary/aromatic N) is 2. The van der Waals surface area contributed by atoms with Crippen molar-refractivity contribution in [3.63, 3.8) is 0 Å². The Morgan fingerprint density at radius 3 is 2.42 bits per heavy atom. The SMILES string of the molecule is CCOc1cc(/C=C2\N=C(c3ccc(Cl)c(Cl)c3)OC2=O)ccc1Oc1ccc(C(F)(F)F)cc1[N+](=O)[O-]. The molecule has 0 unspecified atom stereocenters. The number of cyclic esters (lactones) is 1. The molecule has 38 heavy (non-hydrogen) atoms. The molecule has 1 aliphatic rings. The lowest BCUT2D eigenvalue weighted by atomic mass is 10.1. The highest BCUT2D eigenvalue weighted by molar-refractivity contribution is 6.42. The Kier molecular flexibility index (Phi) is 7.61. The number of carbonyl (C=O) groups is 1. The number of hydrogen-bond acceptors (Lipinski definition) is 7. The summed E-state index contributed by atoms with van der Waals surface area (Å²) in [5, 5.41) is 12.0. The number of halogens is 5. The molecule has 3 aromatic carbocycles. The van der Waals surface area contributed by atoms with Gasteiger partial charge in [0.15, 0.2) is 17.2 Å². The molecule has 0 aliphatic carbocycles. The summed E-state index contributed by atoms with van der Waals surface area (Å²) < 4.78 is 55.4. The van der Waals surface area contributed by atoms with Gasteiger partial charge in [0.1, 0.15) is 0 Å². The minimum absolute atomic E-state index is 0.00542. The molecule has 0 bridgehead atoms. The minimum atomic E-state index is -4.77. The summed E-state index contributed by atoms with van der Waals surface area (Å²) in [6.45, 7) is 1.85. The molecular formula is C25H15Cl2F3N2O6. The van der Waals surface area contributed by atoms with Crippen LogP contribution in [-0.2, 0) is 15.7 Å². The molecule has 1 heterocycles. The summed E-state index contributed by atoms with van der Waals surface area (Å²) in [7, 11) is 0. The van der Waals surface area contributed by atoms with Crippen molar-refractivity contribution in [3.8, 4) is 17.2 Å². The van der Waals surface area contributed by atoms with Crippen LogP contribution in [0.25, 0.3) is 6.08 Å². The maximum Gasteiger partial charge on any atom is 0.416 e. The van der Waals surface area contributed by atoms with Crippen molar-refractivity contribution in [1.82, 2.24) is 0 Å². The first-order valence-corrected chi connectivity index (χ1v) is 11.5. The van der Waals surface area contributed by atoms with Crippen molar-refractivity contribution in [1.29, 1.82) is 0 Å². The highest BCUT2D eigenvalue weighted by Gasteiger charge is 2.33. The van der Waals surface area contributed by atoms with Crippen molar-refractivity contribution in [2.45, 2.75) is 13.1 Å². The van der Waals surface area contributed by atoms with Gasteiger partial charge in [0.2, 0.25) is 11.6 Å². The van der Waals surface area contributed by atoms with E-state index < -0.39 is 34.1 Å². The Bertz CT molecular complexity index is 1500. The van der Waals surface area contributed by atoms with Crippen molar-refractivity contribution < 1.29 is 37.1 Å². The number of nitro groups is 1. The zero-order valence-corrected chi connectivity index (χ0v) is 20.7. The third-order valence-corrected chi connectivity index (χ3v) is 5.80. The molecule has 4 rings (SSSR count). The highest BCUT2D eigenvalue weighted by atomic mass is 35.5. The Hall–Kier alpha value is -4.09. The van der Waals surface area contributed by atoms with Crippen LogP contribution in [0.4, 0.5) is 18.9 Å². The van der Waals surface area contributed by atoms with Gasteiger partial charge in [-0.15, -0.1) is 0 Å². The number of nitro benzene ring substituents is 1. The number of carbonyl (C=O) groups excluding carboxylic acids is 1. The second-order valence-electron chi connectivity index (χ2n) is 7.64. The van der Waals surface area contributed by atoms with Crippen molar-refractivity contribution in [3.05, 3.63) is 97.1 Å². The van der Waals surface area contributed by atoms with Crippen LogP contribution < -0.4 is 9.47 Å². The smallest absolute Gasteiger partial charge is 0.416 e. The number of esters is 1. The van der Waals surface area contributed by atoms with E-state index in [1.807, 2.05) is 0 Å². The fraction of sp³-hybridized carbons (Fsp3) is 0.120. The van der Waals surface area contributed by atoms with Gasteiger partial charge in [0.25, 0.3) is 0 Å². The maximum absolute atomic E-state index is 13.0. The molecule has 0 fully saturated rings. The standard InChI is InChI=1S/C25H15Cl2F3N2O6/c1-2-36-22-10-13(9-18-24(33)38-23(31-18)14-4-6-16(26)17(27)11-14)3-7-21(22)37-20-8-5-15(25(28,29)30)12-19(20)32(34)35/h3-12H,2H2,1H3/b18-9-. The predicted molar refractivity (Wildman–Crippen MR) is 133 cm³/mol. The van der Waals surface area contributed by atoms with Crippen LogP contribution in [0.5, 0.6) is 17.2 Å². The van der Waals surface area contributed by atoms with Gasteiger partial charge in [0, 0.05) is 11.6 Å². The molecular weight excluding hydrogens is 552 g/mol. The van der Waals surface area contributed by atoms with Gasteiger partial charge in [-0.3, -0.25) is 10.1 Å². The van der Waals surface area contributed by atoms with E-state index in [1.165, 1.54) is 36.4 Å². The fourth-order valence-electron chi connectivity index (χ4n) is 3.33. The number of ether oxygens (including phenoxy) is 3. The number of hydrogen-bond donors (Lipinski definition) is 0. The van der Waals surface area contributed by atoms with Gasteiger partial charge in [-0.25, -0.2) is 9.79 Å². The summed E-state index contributed by atoms with van der Waals surface area (Å²) in [5.41, 5.74) is -1.21. The summed E-state index contributed by atoms with van der Waals surface area (Å²) in [5.74, 6) is -0.976. The Labute approximate surface area is 223 Å². The molecule has 13 heteroatoms. The van der Waals surface area contributed by atoms with E-state index in [2.05, 4.69) is 4.99 Å². The lowest BCUT2D eigenvalue weighted by Crippen LogP contribution is -2.06. The van der Waals surface area contributed by atoms with Crippen molar-refractivity contribution >= 4 is 46.8 Å². The van der Waals surface area contributed by atoms with E-state index in [0.717, 1.165) is 6.07 Å². The van der Waals surface area contributed by atoms with E-state index in [4.69, 9.17) is 37.4 Å². The molecule has 3 aromatic rings. The number of rotatable bonds is 7. The van der Waals surface area contributed by atoms with E-state index in [9.17, 15) is 28.1 Å². The lowest BCUT2D eigenvalue weighted by molar-refractivity contribution is -0.385. The van der Waals surface area contributed by atoms with Crippen LogP contribution in [0.2, 0.25) is 10.0 Å². The monoisotopic (exact) mass is 566 g/mol. The van der Waals surface area contributed by atoms with Gasteiger partial charge in [0.05, 0.1) is 27.1 Å². The summed E-state index contributed by atoms with van der Waals surface area (Å²) in [4.78, 5) is 27.0. The normalized spacial score (nSPS) is 14.3. The molecule has 0 atom stereocenters. The molecule has 0 N–H and O–H groups in total.